The van der Waals surface area contributed by atoms with Crippen LogP contribution in [0.3, 0.4) is 0 Å². The number of hydrogen-bond donors (Lipinski definition) is 2. The van der Waals surface area contributed by atoms with Crippen molar-refractivity contribution in [3.05, 3.63) is 72.3 Å². The maximum atomic E-state index is 13.4. The highest BCUT2D eigenvalue weighted by Gasteiger charge is 2.18. The maximum Gasteiger partial charge on any atom is 0.273 e. The normalized spacial score (nSPS) is 15.9. The molecule has 10 heteroatoms. The summed E-state index contributed by atoms with van der Waals surface area (Å²) in [4.78, 5) is 44.1. The van der Waals surface area contributed by atoms with Crippen LogP contribution in [0.15, 0.2) is 61.1 Å². The second kappa shape index (κ2) is 11.8. The van der Waals surface area contributed by atoms with Crippen LogP contribution in [0.4, 0.5) is 0 Å². The zero-order chi connectivity index (χ0) is 24.5. The van der Waals surface area contributed by atoms with Crippen molar-refractivity contribution in [2.45, 2.75) is 19.3 Å². The van der Waals surface area contributed by atoms with Gasteiger partial charge in [-0.1, -0.05) is 6.07 Å². The molecule has 35 heavy (non-hydrogen) atoms. The number of fused-ring (bicyclic) bond motifs is 1. The standard InChI is InChI=1S/C25H28N6O4/c32-22-9-3-14-30(25(34)19-6-1-7-20(18-19)31-16-5-12-29-31)15-4-11-28-24(33)23-21(8-2-10-27-23)35-17-13-26-22/h1-2,5-8,10,12,16,18H,3-4,9,11,13-15,17H2,(H,26,32)(H,28,33). The number of rotatable bonds is 2. The molecule has 0 saturated heterocycles. The van der Waals surface area contributed by atoms with Gasteiger partial charge in [0.05, 0.1) is 12.2 Å². The fraction of sp³-hybridized carbons (Fsp3) is 0.320. The summed E-state index contributed by atoms with van der Waals surface area (Å²) in [7, 11) is 0. The van der Waals surface area contributed by atoms with Gasteiger partial charge in [0.25, 0.3) is 11.8 Å². The molecule has 3 aromatic rings. The largest absolute Gasteiger partial charge is 0.489 e. The minimum atomic E-state index is -0.346. The molecule has 1 aliphatic rings. The molecule has 0 fully saturated rings. The zero-order valence-electron chi connectivity index (χ0n) is 19.4. The van der Waals surface area contributed by atoms with Crippen LogP contribution >= 0.6 is 0 Å². The molecule has 10 nitrogen and oxygen atoms in total. The Morgan fingerprint density at radius 3 is 2.71 bits per heavy atom. The number of carbonyl (C=O) groups is 3. The molecule has 0 aliphatic carbocycles. The average Bonchev–Trinajstić information content (AvgIpc) is 3.42. The maximum absolute atomic E-state index is 13.4. The van der Waals surface area contributed by atoms with E-state index in [2.05, 4.69) is 20.7 Å². The average molecular weight is 477 g/mol. The molecular weight excluding hydrogens is 448 g/mol. The Morgan fingerprint density at radius 2 is 1.86 bits per heavy atom. The number of carbonyl (C=O) groups excluding carboxylic acids is 3. The Kier molecular flexibility index (Phi) is 8.05. The quantitative estimate of drug-likeness (QED) is 0.583. The lowest BCUT2D eigenvalue weighted by molar-refractivity contribution is -0.121. The molecule has 3 heterocycles. The molecular formula is C25H28N6O4. The van der Waals surface area contributed by atoms with E-state index in [1.165, 1.54) is 6.20 Å². The first-order chi connectivity index (χ1) is 17.1. The lowest BCUT2D eigenvalue weighted by atomic mass is 10.1. The fourth-order valence-corrected chi connectivity index (χ4v) is 3.80. The third-order valence-electron chi connectivity index (χ3n) is 5.54. The van der Waals surface area contributed by atoms with E-state index in [4.69, 9.17) is 4.74 Å². The van der Waals surface area contributed by atoms with Gasteiger partial charge in [0, 0.05) is 50.2 Å². The van der Waals surface area contributed by atoms with E-state index in [0.29, 0.717) is 56.8 Å². The second-order valence-corrected chi connectivity index (χ2v) is 8.05. The first kappa shape index (κ1) is 23.9. The van der Waals surface area contributed by atoms with Crippen molar-refractivity contribution in [1.29, 1.82) is 0 Å². The number of nitrogens with zero attached hydrogens (tertiary/aromatic N) is 4. The Balaban J connectivity index is 1.47. The number of pyridine rings is 1. The van der Waals surface area contributed by atoms with E-state index in [0.717, 1.165) is 5.69 Å². The van der Waals surface area contributed by atoms with Gasteiger partial charge in [-0.3, -0.25) is 14.4 Å². The summed E-state index contributed by atoms with van der Waals surface area (Å²) in [5.41, 5.74) is 1.51. The van der Waals surface area contributed by atoms with Gasteiger partial charge in [0.1, 0.15) is 6.61 Å². The molecule has 0 spiro atoms. The number of amides is 3. The highest BCUT2D eigenvalue weighted by atomic mass is 16.5. The lowest BCUT2D eigenvalue weighted by Gasteiger charge is -2.23. The van der Waals surface area contributed by atoms with Crippen LogP contribution in [0.1, 0.15) is 40.1 Å². The fourth-order valence-electron chi connectivity index (χ4n) is 3.80. The smallest absolute Gasteiger partial charge is 0.273 e. The van der Waals surface area contributed by atoms with Crippen molar-refractivity contribution in [2.75, 3.05) is 32.8 Å². The molecule has 1 aliphatic heterocycles. The number of hydrogen-bond acceptors (Lipinski definition) is 6. The summed E-state index contributed by atoms with van der Waals surface area (Å²) < 4.78 is 7.34. The molecule has 0 saturated carbocycles. The van der Waals surface area contributed by atoms with E-state index in [-0.39, 0.29) is 30.0 Å². The third kappa shape index (κ3) is 6.44. The second-order valence-electron chi connectivity index (χ2n) is 8.05. The third-order valence-corrected chi connectivity index (χ3v) is 5.54. The van der Waals surface area contributed by atoms with E-state index in [1.807, 2.05) is 24.4 Å². The summed E-state index contributed by atoms with van der Waals surface area (Å²) in [5, 5.41) is 9.89. The molecule has 1 aromatic carbocycles. The van der Waals surface area contributed by atoms with Crippen LogP contribution < -0.4 is 15.4 Å². The topological polar surface area (TPSA) is 118 Å². The van der Waals surface area contributed by atoms with E-state index >= 15 is 0 Å². The highest BCUT2D eigenvalue weighted by molar-refractivity contribution is 5.95. The number of aromatic nitrogens is 3. The van der Waals surface area contributed by atoms with Crippen molar-refractivity contribution >= 4 is 17.7 Å². The Bertz CT molecular complexity index is 1160. The van der Waals surface area contributed by atoms with Crippen LogP contribution in [-0.4, -0.2) is 70.2 Å². The van der Waals surface area contributed by atoms with Gasteiger partial charge < -0.3 is 20.3 Å². The van der Waals surface area contributed by atoms with E-state index < -0.39 is 0 Å². The minimum Gasteiger partial charge on any atom is -0.489 e. The van der Waals surface area contributed by atoms with Gasteiger partial charge in [0.2, 0.25) is 5.91 Å². The molecule has 0 unspecified atom stereocenters. The predicted molar refractivity (Wildman–Crippen MR) is 128 cm³/mol. The van der Waals surface area contributed by atoms with Crippen LogP contribution in [0.25, 0.3) is 5.69 Å². The van der Waals surface area contributed by atoms with E-state index in [9.17, 15) is 14.4 Å². The Labute approximate surface area is 203 Å². The van der Waals surface area contributed by atoms with Crippen molar-refractivity contribution in [3.8, 4) is 11.4 Å². The first-order valence-corrected chi connectivity index (χ1v) is 11.6. The first-order valence-electron chi connectivity index (χ1n) is 11.6. The monoisotopic (exact) mass is 476 g/mol. The SMILES string of the molecule is O=C1CCCN(C(=O)c2cccc(-n3cccn3)c2)CCCNC(=O)c2ncccc2OCCN1. The Hall–Kier alpha value is -4.21. The molecule has 4 rings (SSSR count). The molecule has 2 aromatic heterocycles. The zero-order valence-corrected chi connectivity index (χ0v) is 19.4. The van der Waals surface area contributed by atoms with Gasteiger partial charge in [-0.15, -0.1) is 0 Å². The summed E-state index contributed by atoms with van der Waals surface area (Å²) >= 11 is 0. The van der Waals surface area contributed by atoms with Gasteiger partial charge in [-0.2, -0.15) is 5.10 Å². The lowest BCUT2D eigenvalue weighted by Crippen LogP contribution is -2.36. The van der Waals surface area contributed by atoms with Crippen molar-refractivity contribution in [2.24, 2.45) is 0 Å². The van der Waals surface area contributed by atoms with Crippen LogP contribution in [0.2, 0.25) is 0 Å². The molecule has 0 bridgehead atoms. The molecule has 182 valence electrons. The summed E-state index contributed by atoms with van der Waals surface area (Å²) in [5.74, 6) is -0.230. The van der Waals surface area contributed by atoms with Gasteiger partial charge >= 0.3 is 0 Å². The Morgan fingerprint density at radius 1 is 0.971 bits per heavy atom. The minimum absolute atomic E-state index is 0.113. The summed E-state index contributed by atoms with van der Waals surface area (Å²) in [6.07, 6.45) is 6.39. The number of ether oxygens (including phenoxy) is 1. The highest BCUT2D eigenvalue weighted by Crippen LogP contribution is 2.16. The van der Waals surface area contributed by atoms with Crippen LogP contribution in [0.5, 0.6) is 5.75 Å². The van der Waals surface area contributed by atoms with Crippen LogP contribution in [0, 0.1) is 0 Å². The molecule has 2 N–H and O–H groups in total. The molecule has 0 atom stereocenters. The molecule has 0 radical (unpaired) electrons. The molecule has 3 amide bonds. The summed E-state index contributed by atoms with van der Waals surface area (Å²) in [6.45, 7) is 1.74. The summed E-state index contributed by atoms with van der Waals surface area (Å²) in [6, 6.07) is 12.4. The van der Waals surface area contributed by atoms with Crippen molar-refractivity contribution < 1.29 is 19.1 Å². The number of benzene rings is 1. The van der Waals surface area contributed by atoms with Gasteiger partial charge in [-0.05, 0) is 49.2 Å². The van der Waals surface area contributed by atoms with Gasteiger partial charge in [-0.25, -0.2) is 9.67 Å². The predicted octanol–water partition coefficient (Wildman–Crippen LogP) is 1.82. The van der Waals surface area contributed by atoms with Crippen LogP contribution in [-0.2, 0) is 4.79 Å². The van der Waals surface area contributed by atoms with E-state index in [1.54, 1.807) is 40.0 Å². The number of nitrogens with one attached hydrogen (secondary N) is 2. The van der Waals surface area contributed by atoms with Crippen molar-refractivity contribution in [1.82, 2.24) is 30.3 Å². The van der Waals surface area contributed by atoms with Gasteiger partial charge in [0.15, 0.2) is 11.4 Å². The van der Waals surface area contributed by atoms with Crippen molar-refractivity contribution in [3.63, 3.8) is 0 Å².